The predicted octanol–water partition coefficient (Wildman–Crippen LogP) is 4.42. The highest BCUT2D eigenvalue weighted by Gasteiger charge is 2.18. The van der Waals surface area contributed by atoms with Crippen LogP contribution in [0.2, 0.25) is 0 Å². The van der Waals surface area contributed by atoms with Gasteiger partial charge in [0.05, 0.1) is 5.56 Å². The lowest BCUT2D eigenvalue weighted by Gasteiger charge is -2.14. The Morgan fingerprint density at radius 2 is 2.05 bits per heavy atom. The highest BCUT2D eigenvalue weighted by molar-refractivity contribution is 7.07. The molecule has 0 aliphatic heterocycles. The summed E-state index contributed by atoms with van der Waals surface area (Å²) in [6.07, 6.45) is 0. The molecule has 1 amide bonds. The molecule has 3 rings (SSSR count). The molecule has 0 unspecified atom stereocenters. The Labute approximate surface area is 131 Å². The first-order valence-electron chi connectivity index (χ1n) is 6.76. The van der Waals surface area contributed by atoms with Crippen molar-refractivity contribution >= 4 is 17.2 Å². The molecule has 1 aromatic carbocycles. The fraction of sp³-hybridized carbons (Fsp3) is 0.118. The lowest BCUT2D eigenvalue weighted by atomic mass is 10.1. The van der Waals surface area contributed by atoms with E-state index in [0.29, 0.717) is 17.9 Å². The minimum atomic E-state index is -0.373. The Hall–Kier alpha value is -2.40. The zero-order chi connectivity index (χ0) is 15.5. The maximum atomic E-state index is 13.7. The van der Waals surface area contributed by atoms with Crippen molar-refractivity contribution in [3.8, 4) is 11.3 Å². The number of amides is 1. The third-order valence-electron chi connectivity index (χ3n) is 3.30. The molecule has 112 valence electrons. The molecule has 0 fully saturated rings. The van der Waals surface area contributed by atoms with E-state index in [2.05, 4.69) is 0 Å². The first kappa shape index (κ1) is 14.5. The number of nitrogens with zero attached hydrogens (tertiary/aromatic N) is 1. The number of thiophene rings is 1. The maximum Gasteiger partial charge on any atom is 0.289 e. The molecule has 22 heavy (non-hydrogen) atoms. The summed E-state index contributed by atoms with van der Waals surface area (Å²) >= 11 is 1.59. The second-order valence-corrected chi connectivity index (χ2v) is 5.72. The summed E-state index contributed by atoms with van der Waals surface area (Å²) in [5.74, 6) is -0.0439. The van der Waals surface area contributed by atoms with Crippen LogP contribution in [0.25, 0.3) is 11.3 Å². The Morgan fingerprint density at radius 3 is 2.77 bits per heavy atom. The smallest absolute Gasteiger partial charge is 0.289 e. The molecule has 0 aliphatic carbocycles. The summed E-state index contributed by atoms with van der Waals surface area (Å²) in [6, 6.07) is 11.5. The number of halogens is 1. The van der Waals surface area contributed by atoms with E-state index in [9.17, 15) is 9.18 Å². The van der Waals surface area contributed by atoms with Crippen molar-refractivity contribution in [3.05, 3.63) is 70.4 Å². The average Bonchev–Trinajstić information content (AvgIpc) is 3.18. The maximum absolute atomic E-state index is 13.7. The molecule has 3 aromatic rings. The van der Waals surface area contributed by atoms with Crippen LogP contribution in [0.4, 0.5) is 4.39 Å². The number of furan rings is 1. The molecule has 0 N–H and O–H groups in total. The third-order valence-corrected chi connectivity index (χ3v) is 4.03. The molecule has 0 aliphatic rings. The summed E-state index contributed by atoms with van der Waals surface area (Å²) in [7, 11) is 1.71. The summed E-state index contributed by atoms with van der Waals surface area (Å²) < 4.78 is 19.3. The minimum Gasteiger partial charge on any atom is -0.451 e. The topological polar surface area (TPSA) is 33.5 Å². The van der Waals surface area contributed by atoms with Crippen LogP contribution in [0, 0.1) is 5.82 Å². The van der Waals surface area contributed by atoms with Gasteiger partial charge < -0.3 is 9.32 Å². The first-order valence-corrected chi connectivity index (χ1v) is 7.70. The van der Waals surface area contributed by atoms with Crippen LogP contribution in [0.15, 0.2) is 57.6 Å². The number of hydrogen-bond donors (Lipinski definition) is 0. The van der Waals surface area contributed by atoms with Crippen molar-refractivity contribution in [2.75, 3.05) is 7.05 Å². The summed E-state index contributed by atoms with van der Waals surface area (Å²) in [5.41, 5.74) is 1.42. The van der Waals surface area contributed by atoms with Crippen molar-refractivity contribution in [3.63, 3.8) is 0 Å². The van der Waals surface area contributed by atoms with Crippen LogP contribution in [-0.2, 0) is 6.54 Å². The standard InChI is InChI=1S/C17H14FNO2S/c1-19(10-12-8-9-22-11-12)17(20)16-7-6-15(21-16)13-4-2-3-5-14(13)18/h2-9,11H,10H2,1H3. The van der Waals surface area contributed by atoms with Gasteiger partial charge in [0.25, 0.3) is 5.91 Å². The van der Waals surface area contributed by atoms with Crippen LogP contribution in [-0.4, -0.2) is 17.9 Å². The zero-order valence-electron chi connectivity index (χ0n) is 12.0. The fourth-order valence-corrected chi connectivity index (χ4v) is 2.83. The Kier molecular flexibility index (Phi) is 4.06. The Bertz CT molecular complexity index is 780. The molecular formula is C17H14FNO2S. The number of rotatable bonds is 4. The molecule has 0 saturated carbocycles. The number of carbonyl (C=O) groups excluding carboxylic acids is 1. The lowest BCUT2D eigenvalue weighted by molar-refractivity contribution is 0.0754. The van der Waals surface area contributed by atoms with E-state index in [1.807, 2.05) is 16.8 Å². The Balaban J connectivity index is 1.78. The van der Waals surface area contributed by atoms with E-state index in [1.165, 1.54) is 6.07 Å². The second-order valence-electron chi connectivity index (χ2n) is 4.94. The molecule has 2 heterocycles. The highest BCUT2D eigenvalue weighted by atomic mass is 32.1. The van der Waals surface area contributed by atoms with Crippen LogP contribution in [0.5, 0.6) is 0 Å². The molecular weight excluding hydrogens is 301 g/mol. The van der Waals surface area contributed by atoms with Crippen molar-refractivity contribution in [2.24, 2.45) is 0 Å². The van der Waals surface area contributed by atoms with E-state index in [0.717, 1.165) is 5.56 Å². The van der Waals surface area contributed by atoms with E-state index in [-0.39, 0.29) is 17.5 Å². The van der Waals surface area contributed by atoms with Crippen LogP contribution < -0.4 is 0 Å². The first-order chi connectivity index (χ1) is 10.6. The van der Waals surface area contributed by atoms with Gasteiger partial charge in [-0.2, -0.15) is 11.3 Å². The molecule has 0 saturated heterocycles. The van der Waals surface area contributed by atoms with Crippen LogP contribution in [0.1, 0.15) is 16.1 Å². The number of benzene rings is 1. The van der Waals surface area contributed by atoms with Gasteiger partial charge in [0.2, 0.25) is 0 Å². The predicted molar refractivity (Wildman–Crippen MR) is 84.2 cm³/mol. The molecule has 0 spiro atoms. The Morgan fingerprint density at radius 1 is 1.23 bits per heavy atom. The summed E-state index contributed by atoms with van der Waals surface area (Å²) in [6.45, 7) is 0.512. The summed E-state index contributed by atoms with van der Waals surface area (Å²) in [5, 5.41) is 3.97. The fourth-order valence-electron chi connectivity index (χ4n) is 2.18. The molecule has 5 heteroatoms. The molecule has 0 atom stereocenters. The van der Waals surface area contributed by atoms with Gasteiger partial charge >= 0.3 is 0 Å². The van der Waals surface area contributed by atoms with Gasteiger partial charge in [-0.1, -0.05) is 12.1 Å². The van der Waals surface area contributed by atoms with Gasteiger partial charge in [-0.05, 0) is 46.7 Å². The highest BCUT2D eigenvalue weighted by Crippen LogP contribution is 2.25. The van der Waals surface area contributed by atoms with E-state index >= 15 is 0 Å². The van der Waals surface area contributed by atoms with Crippen molar-refractivity contribution in [1.29, 1.82) is 0 Å². The van der Waals surface area contributed by atoms with Gasteiger partial charge in [-0.15, -0.1) is 0 Å². The SMILES string of the molecule is CN(Cc1ccsc1)C(=O)c1ccc(-c2ccccc2F)o1. The van der Waals surface area contributed by atoms with Gasteiger partial charge in [-0.25, -0.2) is 4.39 Å². The molecule has 0 radical (unpaired) electrons. The summed E-state index contributed by atoms with van der Waals surface area (Å²) in [4.78, 5) is 13.9. The van der Waals surface area contributed by atoms with E-state index < -0.39 is 0 Å². The van der Waals surface area contributed by atoms with Gasteiger partial charge in [0.15, 0.2) is 5.76 Å². The number of carbonyl (C=O) groups is 1. The monoisotopic (exact) mass is 315 g/mol. The molecule has 0 bridgehead atoms. The lowest BCUT2D eigenvalue weighted by Crippen LogP contribution is -2.25. The van der Waals surface area contributed by atoms with Crippen LogP contribution >= 0.6 is 11.3 Å². The van der Waals surface area contributed by atoms with E-state index in [1.54, 1.807) is 53.6 Å². The quantitative estimate of drug-likeness (QED) is 0.714. The normalized spacial score (nSPS) is 10.6. The van der Waals surface area contributed by atoms with Gasteiger partial charge in [0, 0.05) is 13.6 Å². The molecule has 3 nitrogen and oxygen atoms in total. The third kappa shape index (κ3) is 2.94. The van der Waals surface area contributed by atoms with E-state index in [4.69, 9.17) is 4.42 Å². The van der Waals surface area contributed by atoms with Crippen LogP contribution in [0.3, 0.4) is 0 Å². The molecule has 2 aromatic heterocycles. The zero-order valence-corrected chi connectivity index (χ0v) is 12.8. The number of hydrogen-bond acceptors (Lipinski definition) is 3. The minimum absolute atomic E-state index is 0.205. The van der Waals surface area contributed by atoms with Crippen molar-refractivity contribution in [2.45, 2.75) is 6.54 Å². The largest absolute Gasteiger partial charge is 0.451 e. The van der Waals surface area contributed by atoms with Gasteiger partial charge in [-0.3, -0.25) is 4.79 Å². The second kappa shape index (κ2) is 6.15. The average molecular weight is 315 g/mol. The van der Waals surface area contributed by atoms with Crippen molar-refractivity contribution < 1.29 is 13.6 Å². The van der Waals surface area contributed by atoms with Crippen molar-refractivity contribution in [1.82, 2.24) is 4.90 Å². The van der Waals surface area contributed by atoms with Gasteiger partial charge in [0.1, 0.15) is 11.6 Å².